The summed E-state index contributed by atoms with van der Waals surface area (Å²) in [7, 11) is 0. The van der Waals surface area contributed by atoms with Crippen molar-refractivity contribution in [3.8, 4) is 5.69 Å². The van der Waals surface area contributed by atoms with Crippen LogP contribution in [0.15, 0.2) is 36.8 Å². The van der Waals surface area contributed by atoms with E-state index < -0.39 is 0 Å². The first-order valence-corrected chi connectivity index (χ1v) is 4.83. The van der Waals surface area contributed by atoms with E-state index >= 15 is 0 Å². The van der Waals surface area contributed by atoms with Crippen molar-refractivity contribution in [2.75, 3.05) is 0 Å². The quantitative estimate of drug-likeness (QED) is 0.709. The second kappa shape index (κ2) is 4.09. The van der Waals surface area contributed by atoms with Gasteiger partial charge in [0.05, 0.1) is 6.33 Å². The van der Waals surface area contributed by atoms with E-state index in [4.69, 9.17) is 0 Å². The molecule has 1 aromatic carbocycles. The SMILES string of the molecule is Cc1ccc(-n2cncc2CC=O)cc1. The average Bonchev–Trinajstić information content (AvgIpc) is 2.68. The highest BCUT2D eigenvalue weighted by molar-refractivity contribution is 5.54. The van der Waals surface area contributed by atoms with Gasteiger partial charge in [-0.3, -0.25) is 0 Å². The van der Waals surface area contributed by atoms with E-state index in [1.165, 1.54) is 5.56 Å². The molecular weight excluding hydrogens is 188 g/mol. The van der Waals surface area contributed by atoms with Gasteiger partial charge in [0, 0.05) is 24.0 Å². The monoisotopic (exact) mass is 200 g/mol. The minimum absolute atomic E-state index is 0.397. The van der Waals surface area contributed by atoms with Gasteiger partial charge in [0.1, 0.15) is 6.29 Å². The van der Waals surface area contributed by atoms with E-state index in [1.54, 1.807) is 12.5 Å². The largest absolute Gasteiger partial charge is 0.303 e. The number of imidazole rings is 1. The fraction of sp³-hybridized carbons (Fsp3) is 0.167. The van der Waals surface area contributed by atoms with Crippen molar-refractivity contribution in [2.24, 2.45) is 0 Å². The Morgan fingerprint density at radius 3 is 2.73 bits per heavy atom. The zero-order valence-corrected chi connectivity index (χ0v) is 8.55. The molecule has 3 heteroatoms. The maximum atomic E-state index is 10.5. The smallest absolute Gasteiger partial charge is 0.125 e. The molecule has 0 radical (unpaired) electrons. The van der Waals surface area contributed by atoms with Crippen LogP contribution in [-0.2, 0) is 11.2 Å². The van der Waals surface area contributed by atoms with Crippen LogP contribution in [0.5, 0.6) is 0 Å². The highest BCUT2D eigenvalue weighted by Crippen LogP contribution is 2.12. The normalized spacial score (nSPS) is 10.2. The van der Waals surface area contributed by atoms with Crippen molar-refractivity contribution < 1.29 is 4.79 Å². The van der Waals surface area contributed by atoms with Crippen LogP contribution >= 0.6 is 0 Å². The van der Waals surface area contributed by atoms with Gasteiger partial charge in [-0.1, -0.05) is 17.7 Å². The lowest BCUT2D eigenvalue weighted by atomic mass is 10.2. The van der Waals surface area contributed by atoms with Gasteiger partial charge in [-0.15, -0.1) is 0 Å². The van der Waals surface area contributed by atoms with Crippen molar-refractivity contribution in [3.05, 3.63) is 48.0 Å². The summed E-state index contributed by atoms with van der Waals surface area (Å²) < 4.78 is 1.92. The average molecular weight is 200 g/mol. The fourth-order valence-corrected chi connectivity index (χ4v) is 1.50. The molecule has 15 heavy (non-hydrogen) atoms. The number of aldehydes is 1. The zero-order valence-electron chi connectivity index (χ0n) is 8.55. The molecule has 0 fully saturated rings. The maximum absolute atomic E-state index is 10.5. The summed E-state index contributed by atoms with van der Waals surface area (Å²) in [5, 5.41) is 0. The van der Waals surface area contributed by atoms with E-state index in [1.807, 2.05) is 35.8 Å². The summed E-state index contributed by atoms with van der Waals surface area (Å²) in [6.07, 6.45) is 4.73. The van der Waals surface area contributed by atoms with Crippen LogP contribution in [0.2, 0.25) is 0 Å². The Hall–Kier alpha value is -1.90. The maximum Gasteiger partial charge on any atom is 0.125 e. The number of carbonyl (C=O) groups is 1. The van der Waals surface area contributed by atoms with Crippen LogP contribution in [0, 0.1) is 6.92 Å². The molecule has 0 saturated heterocycles. The molecule has 0 N–H and O–H groups in total. The summed E-state index contributed by atoms with van der Waals surface area (Å²) in [6.45, 7) is 2.05. The number of rotatable bonds is 3. The molecule has 2 rings (SSSR count). The molecular formula is C12H12N2O. The molecule has 0 unspecified atom stereocenters. The van der Waals surface area contributed by atoms with Crippen molar-refractivity contribution in [1.29, 1.82) is 0 Å². The van der Waals surface area contributed by atoms with Crippen molar-refractivity contribution in [1.82, 2.24) is 9.55 Å². The van der Waals surface area contributed by atoms with Gasteiger partial charge in [0.15, 0.2) is 0 Å². The Kier molecular flexibility index (Phi) is 2.63. The van der Waals surface area contributed by atoms with E-state index in [-0.39, 0.29) is 0 Å². The first-order chi connectivity index (χ1) is 7.31. The fourth-order valence-electron chi connectivity index (χ4n) is 1.50. The van der Waals surface area contributed by atoms with E-state index in [0.29, 0.717) is 6.42 Å². The summed E-state index contributed by atoms with van der Waals surface area (Å²) in [4.78, 5) is 14.5. The molecule has 0 spiro atoms. The van der Waals surface area contributed by atoms with Gasteiger partial charge in [-0.05, 0) is 19.1 Å². The lowest BCUT2D eigenvalue weighted by Crippen LogP contribution is -1.99. The Bertz CT molecular complexity index is 457. The van der Waals surface area contributed by atoms with Gasteiger partial charge < -0.3 is 9.36 Å². The molecule has 1 aromatic heterocycles. The van der Waals surface area contributed by atoms with Gasteiger partial charge in [-0.2, -0.15) is 0 Å². The van der Waals surface area contributed by atoms with Crippen LogP contribution < -0.4 is 0 Å². The molecule has 76 valence electrons. The van der Waals surface area contributed by atoms with E-state index in [0.717, 1.165) is 17.7 Å². The van der Waals surface area contributed by atoms with Crippen LogP contribution in [0.1, 0.15) is 11.3 Å². The Morgan fingerprint density at radius 2 is 2.07 bits per heavy atom. The lowest BCUT2D eigenvalue weighted by molar-refractivity contribution is -0.107. The molecule has 2 aromatic rings. The third-order valence-corrected chi connectivity index (χ3v) is 2.32. The van der Waals surface area contributed by atoms with Crippen LogP contribution in [0.4, 0.5) is 0 Å². The highest BCUT2D eigenvalue weighted by Gasteiger charge is 2.02. The first kappa shape index (κ1) is 9.65. The van der Waals surface area contributed by atoms with Gasteiger partial charge in [0.2, 0.25) is 0 Å². The second-order valence-electron chi connectivity index (χ2n) is 3.46. The van der Waals surface area contributed by atoms with Gasteiger partial charge >= 0.3 is 0 Å². The number of aryl methyl sites for hydroxylation is 1. The van der Waals surface area contributed by atoms with Crippen molar-refractivity contribution >= 4 is 6.29 Å². The number of nitrogens with zero attached hydrogens (tertiary/aromatic N) is 2. The van der Waals surface area contributed by atoms with E-state index in [2.05, 4.69) is 4.98 Å². The summed E-state index contributed by atoms with van der Waals surface area (Å²) in [5.74, 6) is 0. The molecule has 3 nitrogen and oxygen atoms in total. The minimum atomic E-state index is 0.397. The van der Waals surface area contributed by atoms with Crippen LogP contribution in [0.25, 0.3) is 5.69 Å². The third-order valence-electron chi connectivity index (χ3n) is 2.32. The molecule has 0 aliphatic carbocycles. The molecule has 1 heterocycles. The Morgan fingerprint density at radius 1 is 1.33 bits per heavy atom. The standard InChI is InChI=1S/C12H12N2O/c1-10-2-4-11(5-3-10)14-9-13-8-12(14)6-7-15/h2-5,7-9H,6H2,1H3. The van der Waals surface area contributed by atoms with Crippen molar-refractivity contribution in [2.45, 2.75) is 13.3 Å². The number of carbonyl (C=O) groups excluding carboxylic acids is 1. The predicted molar refractivity (Wildman–Crippen MR) is 58.1 cm³/mol. The topological polar surface area (TPSA) is 34.9 Å². The Labute approximate surface area is 88.4 Å². The summed E-state index contributed by atoms with van der Waals surface area (Å²) >= 11 is 0. The molecule has 0 atom stereocenters. The molecule has 0 bridgehead atoms. The number of hydrogen-bond donors (Lipinski definition) is 0. The van der Waals surface area contributed by atoms with Crippen LogP contribution in [0.3, 0.4) is 0 Å². The minimum Gasteiger partial charge on any atom is -0.303 e. The molecule has 0 aliphatic heterocycles. The van der Waals surface area contributed by atoms with Crippen LogP contribution in [-0.4, -0.2) is 15.8 Å². The molecule has 0 aliphatic rings. The summed E-state index contributed by atoms with van der Waals surface area (Å²) in [5.41, 5.74) is 3.17. The zero-order chi connectivity index (χ0) is 10.7. The third kappa shape index (κ3) is 1.96. The first-order valence-electron chi connectivity index (χ1n) is 4.83. The lowest BCUT2D eigenvalue weighted by Gasteiger charge is -2.05. The van der Waals surface area contributed by atoms with Gasteiger partial charge in [-0.25, -0.2) is 4.98 Å². The number of aromatic nitrogens is 2. The number of hydrogen-bond acceptors (Lipinski definition) is 2. The molecule has 0 amide bonds. The van der Waals surface area contributed by atoms with E-state index in [9.17, 15) is 4.79 Å². The molecule has 0 saturated carbocycles. The van der Waals surface area contributed by atoms with Gasteiger partial charge in [0.25, 0.3) is 0 Å². The second-order valence-corrected chi connectivity index (χ2v) is 3.46. The predicted octanol–water partition coefficient (Wildman–Crippen LogP) is 1.92. The summed E-state index contributed by atoms with van der Waals surface area (Å²) in [6, 6.07) is 8.12. The number of benzene rings is 1. The highest BCUT2D eigenvalue weighted by atomic mass is 16.1. The van der Waals surface area contributed by atoms with Crippen molar-refractivity contribution in [3.63, 3.8) is 0 Å². The Balaban J connectivity index is 2.40.